The Kier molecular flexibility index (Phi) is 8.62. The first kappa shape index (κ1) is 17.2. The molecule has 0 fully saturated rings. The van der Waals surface area contributed by atoms with Crippen LogP contribution in [0, 0.1) is 0 Å². The molecule has 0 radical (unpaired) electrons. The van der Waals surface area contributed by atoms with E-state index in [1.807, 2.05) is 0 Å². The van der Waals surface area contributed by atoms with E-state index in [1.54, 1.807) is 0 Å². The van der Waals surface area contributed by atoms with Gasteiger partial charge < -0.3 is 5.11 Å². The van der Waals surface area contributed by atoms with E-state index in [2.05, 4.69) is 36.8 Å². The summed E-state index contributed by atoms with van der Waals surface area (Å²) in [6, 6.07) is 6.37. The van der Waals surface area contributed by atoms with Gasteiger partial charge in [0.2, 0.25) is 0 Å². The highest BCUT2D eigenvalue weighted by Gasteiger charge is 2.09. The second kappa shape index (κ2) is 10.00. The first-order valence-electron chi connectivity index (χ1n) is 7.12. The van der Waals surface area contributed by atoms with Gasteiger partial charge in [0.25, 0.3) is 0 Å². The van der Waals surface area contributed by atoms with Gasteiger partial charge in [-0.3, -0.25) is 4.72 Å². The van der Waals surface area contributed by atoms with Crippen LogP contribution < -0.4 is 4.72 Å². The van der Waals surface area contributed by atoms with Crippen LogP contribution in [0.25, 0.3) is 0 Å². The van der Waals surface area contributed by atoms with Crippen molar-refractivity contribution in [1.82, 2.24) is 4.72 Å². The van der Waals surface area contributed by atoms with Gasteiger partial charge in [0.15, 0.2) is 0 Å². The van der Waals surface area contributed by atoms with Crippen LogP contribution in [0.1, 0.15) is 50.7 Å². The summed E-state index contributed by atoms with van der Waals surface area (Å²) in [7, 11) is 2.66. The van der Waals surface area contributed by atoms with E-state index in [0.29, 0.717) is 0 Å². The van der Waals surface area contributed by atoms with Crippen molar-refractivity contribution in [3.05, 3.63) is 29.3 Å². The van der Waals surface area contributed by atoms with Gasteiger partial charge in [-0.2, -0.15) is 0 Å². The number of carbonyl (C=O) groups is 1. The molecule has 0 unspecified atom stereocenters. The molecule has 0 spiro atoms. The molecule has 1 aromatic rings. The zero-order valence-corrected chi connectivity index (χ0v) is 13.8. The molecule has 20 heavy (non-hydrogen) atoms. The first-order chi connectivity index (χ1) is 9.69. The molecule has 0 atom stereocenters. The quantitative estimate of drug-likeness (QED) is 0.480. The van der Waals surface area contributed by atoms with Gasteiger partial charge in [0.1, 0.15) is 0 Å². The van der Waals surface area contributed by atoms with E-state index in [-0.39, 0.29) is 0 Å². The summed E-state index contributed by atoms with van der Waals surface area (Å²) in [5.74, 6) is 0. The number of unbranched alkanes of at least 4 members (excludes halogenated alkanes) is 2. The van der Waals surface area contributed by atoms with Crippen LogP contribution in [-0.2, 0) is 12.8 Å². The molecule has 3 nitrogen and oxygen atoms in total. The Morgan fingerprint density at radius 2 is 1.90 bits per heavy atom. The molecule has 0 saturated heterocycles. The Balaban J connectivity index is 2.80. The fourth-order valence-electron chi connectivity index (χ4n) is 2.03. The molecular weight excluding hydrogens is 290 g/mol. The minimum atomic E-state index is -1.00. The highest BCUT2D eigenvalue weighted by molar-refractivity contribution is 8.76. The average Bonchev–Trinajstić information content (AvgIpc) is 2.43. The number of nitrogens with one attached hydrogen (secondary N) is 1. The fourth-order valence-corrected chi connectivity index (χ4v) is 3.78. The minimum Gasteiger partial charge on any atom is -0.464 e. The summed E-state index contributed by atoms with van der Waals surface area (Å²) < 4.78 is 2.34. The van der Waals surface area contributed by atoms with Crippen molar-refractivity contribution in [2.45, 2.75) is 57.3 Å². The van der Waals surface area contributed by atoms with Crippen LogP contribution in [0.15, 0.2) is 23.1 Å². The Morgan fingerprint density at radius 3 is 2.55 bits per heavy atom. The summed E-state index contributed by atoms with van der Waals surface area (Å²) in [6.07, 6.45) is 5.93. The molecule has 1 amide bonds. The lowest BCUT2D eigenvalue weighted by atomic mass is 9.98. The molecule has 5 heteroatoms. The molecule has 0 heterocycles. The molecule has 0 aliphatic rings. The standard InChI is InChI=1S/C15H23NO2S2/c1-3-5-8-12-9-7-11-14(13(12)10-6-4-2)19-20-16-15(17)18/h7,9,11,16H,3-6,8,10H2,1-2H3,(H,17,18). The number of aryl methyl sites for hydroxylation is 1. The number of hydrogen-bond donors (Lipinski definition) is 2. The number of benzene rings is 1. The molecule has 0 saturated carbocycles. The highest BCUT2D eigenvalue weighted by atomic mass is 33.1. The predicted molar refractivity (Wildman–Crippen MR) is 88.3 cm³/mol. The predicted octanol–water partition coefficient (Wildman–Crippen LogP) is 5.29. The van der Waals surface area contributed by atoms with Gasteiger partial charge >= 0.3 is 6.09 Å². The number of amides is 1. The number of rotatable bonds is 9. The summed E-state index contributed by atoms with van der Waals surface area (Å²) >= 11 is 0. The van der Waals surface area contributed by atoms with E-state index in [0.717, 1.165) is 23.8 Å². The zero-order chi connectivity index (χ0) is 14.8. The van der Waals surface area contributed by atoms with Crippen LogP contribution in [0.3, 0.4) is 0 Å². The molecule has 2 N–H and O–H groups in total. The third-order valence-corrected chi connectivity index (χ3v) is 5.01. The second-order valence-corrected chi connectivity index (χ2v) is 6.65. The molecule has 1 rings (SSSR count). The topological polar surface area (TPSA) is 49.3 Å². The molecule has 0 aliphatic heterocycles. The largest absolute Gasteiger partial charge is 0.464 e. The van der Waals surface area contributed by atoms with Gasteiger partial charge in [0, 0.05) is 15.9 Å². The zero-order valence-electron chi connectivity index (χ0n) is 12.1. The fraction of sp³-hybridized carbons (Fsp3) is 0.533. The molecule has 0 aromatic heterocycles. The van der Waals surface area contributed by atoms with Crippen LogP contribution >= 0.6 is 21.8 Å². The second-order valence-electron chi connectivity index (χ2n) is 4.67. The van der Waals surface area contributed by atoms with Crippen molar-refractivity contribution >= 4 is 27.9 Å². The van der Waals surface area contributed by atoms with Crippen molar-refractivity contribution in [3.8, 4) is 0 Å². The van der Waals surface area contributed by atoms with E-state index >= 15 is 0 Å². The van der Waals surface area contributed by atoms with Crippen LogP contribution in [0.5, 0.6) is 0 Å². The Hall–Kier alpha value is -0.810. The SMILES string of the molecule is CCCCc1cccc(SSNC(=O)O)c1CCCC. The normalized spacial score (nSPS) is 10.5. The molecule has 0 bridgehead atoms. The van der Waals surface area contributed by atoms with E-state index < -0.39 is 6.09 Å². The van der Waals surface area contributed by atoms with Gasteiger partial charge in [-0.15, -0.1) is 0 Å². The number of hydrogen-bond acceptors (Lipinski definition) is 3. The van der Waals surface area contributed by atoms with Crippen molar-refractivity contribution in [1.29, 1.82) is 0 Å². The molecule has 1 aromatic carbocycles. The van der Waals surface area contributed by atoms with Crippen molar-refractivity contribution in [2.75, 3.05) is 0 Å². The lowest BCUT2D eigenvalue weighted by molar-refractivity contribution is 0.202. The monoisotopic (exact) mass is 313 g/mol. The van der Waals surface area contributed by atoms with Gasteiger partial charge in [0.05, 0.1) is 0 Å². The third kappa shape index (κ3) is 6.09. The van der Waals surface area contributed by atoms with Crippen molar-refractivity contribution < 1.29 is 9.90 Å². The molecule has 112 valence electrons. The smallest absolute Gasteiger partial charge is 0.415 e. The Labute approximate surface area is 129 Å². The Bertz CT molecular complexity index is 424. The maximum atomic E-state index is 10.5. The molecule has 0 aliphatic carbocycles. The van der Waals surface area contributed by atoms with Crippen LogP contribution in [-0.4, -0.2) is 11.2 Å². The maximum absolute atomic E-state index is 10.5. The van der Waals surface area contributed by atoms with E-state index in [9.17, 15) is 4.79 Å². The summed E-state index contributed by atoms with van der Waals surface area (Å²) in [6.45, 7) is 4.40. The van der Waals surface area contributed by atoms with E-state index in [1.165, 1.54) is 52.5 Å². The minimum absolute atomic E-state index is 1.00. The van der Waals surface area contributed by atoms with Gasteiger partial charge in [-0.1, -0.05) is 38.8 Å². The number of carboxylic acid groups (broad SMARTS) is 1. The van der Waals surface area contributed by atoms with Crippen LogP contribution in [0.4, 0.5) is 4.79 Å². The van der Waals surface area contributed by atoms with Crippen molar-refractivity contribution in [3.63, 3.8) is 0 Å². The summed E-state index contributed by atoms with van der Waals surface area (Å²) in [5.41, 5.74) is 2.81. The van der Waals surface area contributed by atoms with Gasteiger partial charge in [-0.05, 0) is 53.7 Å². The summed E-state index contributed by atoms with van der Waals surface area (Å²) in [4.78, 5) is 11.7. The maximum Gasteiger partial charge on any atom is 0.415 e. The Morgan fingerprint density at radius 1 is 1.20 bits per heavy atom. The highest BCUT2D eigenvalue weighted by Crippen LogP contribution is 2.34. The lowest BCUT2D eigenvalue weighted by Gasteiger charge is -2.13. The van der Waals surface area contributed by atoms with Gasteiger partial charge in [-0.25, -0.2) is 4.79 Å². The first-order valence-corrected chi connectivity index (χ1v) is 9.27. The lowest BCUT2D eigenvalue weighted by Crippen LogP contribution is -2.09. The molecular formula is C15H23NO2S2. The summed E-state index contributed by atoms with van der Waals surface area (Å²) in [5, 5.41) is 8.63. The van der Waals surface area contributed by atoms with Crippen LogP contribution in [0.2, 0.25) is 0 Å². The van der Waals surface area contributed by atoms with E-state index in [4.69, 9.17) is 5.11 Å². The van der Waals surface area contributed by atoms with Crippen molar-refractivity contribution in [2.24, 2.45) is 0 Å². The third-order valence-electron chi connectivity index (χ3n) is 3.07. The average molecular weight is 313 g/mol.